The normalized spacial score (nSPS) is 17.2. The third-order valence-electron chi connectivity index (χ3n) is 4.48. The van der Waals surface area contributed by atoms with Gasteiger partial charge in [-0.2, -0.15) is 5.10 Å². The summed E-state index contributed by atoms with van der Waals surface area (Å²) < 4.78 is 7.23. The van der Waals surface area contributed by atoms with Crippen LogP contribution in [0.1, 0.15) is 61.3 Å². The largest absolute Gasteiger partial charge is 0.497 e. The lowest BCUT2D eigenvalue weighted by atomic mass is 9.92. The average molecular weight is 327 g/mol. The Bertz CT molecular complexity index is 726. The molecule has 0 unspecified atom stereocenters. The summed E-state index contributed by atoms with van der Waals surface area (Å²) in [5.41, 5.74) is 2.99. The zero-order chi connectivity index (χ0) is 17.3. The maximum Gasteiger partial charge on any atom is 0.251 e. The number of fused-ring (bicyclic) bond motifs is 1. The molecule has 128 valence electrons. The van der Waals surface area contributed by atoms with E-state index in [1.807, 2.05) is 6.20 Å². The molecule has 0 radical (unpaired) electrons. The van der Waals surface area contributed by atoms with Crippen LogP contribution in [0, 0.1) is 0 Å². The molecular formula is C19H25N3O2. The van der Waals surface area contributed by atoms with Crippen molar-refractivity contribution < 1.29 is 9.53 Å². The third kappa shape index (κ3) is 3.16. The van der Waals surface area contributed by atoms with E-state index in [1.165, 1.54) is 5.69 Å². The quantitative estimate of drug-likeness (QED) is 0.939. The van der Waals surface area contributed by atoms with E-state index in [0.29, 0.717) is 5.56 Å². The molecule has 3 rings (SSSR count). The number of nitrogens with one attached hydrogen (secondary N) is 1. The van der Waals surface area contributed by atoms with Crippen molar-refractivity contribution in [2.45, 2.75) is 51.6 Å². The van der Waals surface area contributed by atoms with Crippen molar-refractivity contribution in [3.05, 3.63) is 47.3 Å². The highest BCUT2D eigenvalue weighted by Gasteiger charge is 2.29. The van der Waals surface area contributed by atoms with Crippen molar-refractivity contribution in [3.8, 4) is 5.75 Å². The standard InChI is InChI=1S/C19H25N3O2/c1-19(2,3)22-17-7-5-6-16(15(17)12-20-22)21-18(23)13-8-10-14(24-4)11-9-13/h8-12,16H,5-7H2,1-4H3,(H,21,23)/t16-/m0/s1. The Kier molecular flexibility index (Phi) is 4.35. The summed E-state index contributed by atoms with van der Waals surface area (Å²) >= 11 is 0. The van der Waals surface area contributed by atoms with E-state index in [0.717, 1.165) is 30.6 Å². The molecule has 5 heteroatoms. The fraction of sp³-hybridized carbons (Fsp3) is 0.474. The van der Waals surface area contributed by atoms with E-state index in [9.17, 15) is 4.79 Å². The molecule has 5 nitrogen and oxygen atoms in total. The van der Waals surface area contributed by atoms with Crippen molar-refractivity contribution in [2.24, 2.45) is 0 Å². The molecule has 1 amide bonds. The molecule has 1 atom stereocenters. The molecule has 1 aliphatic carbocycles. The van der Waals surface area contributed by atoms with Gasteiger partial charge in [-0.25, -0.2) is 0 Å². The number of benzene rings is 1. The monoisotopic (exact) mass is 327 g/mol. The molecule has 1 aromatic heterocycles. The van der Waals surface area contributed by atoms with Gasteiger partial charge in [-0.1, -0.05) is 0 Å². The first-order chi connectivity index (χ1) is 11.4. The van der Waals surface area contributed by atoms with Crippen LogP contribution in [0.15, 0.2) is 30.5 Å². The van der Waals surface area contributed by atoms with Crippen LogP contribution < -0.4 is 10.1 Å². The summed E-state index contributed by atoms with van der Waals surface area (Å²) in [5.74, 6) is 0.692. The zero-order valence-corrected chi connectivity index (χ0v) is 14.8. The van der Waals surface area contributed by atoms with Crippen LogP contribution in [-0.4, -0.2) is 22.8 Å². The fourth-order valence-corrected chi connectivity index (χ4v) is 3.27. The fourth-order valence-electron chi connectivity index (χ4n) is 3.27. The first kappa shape index (κ1) is 16.6. The maximum absolute atomic E-state index is 12.5. The van der Waals surface area contributed by atoms with Crippen molar-refractivity contribution in [1.29, 1.82) is 0 Å². The number of methoxy groups -OCH3 is 1. The first-order valence-corrected chi connectivity index (χ1v) is 8.42. The lowest BCUT2D eigenvalue weighted by molar-refractivity contribution is 0.0932. The molecule has 0 aliphatic heterocycles. The Morgan fingerprint density at radius 1 is 1.29 bits per heavy atom. The van der Waals surface area contributed by atoms with Crippen molar-refractivity contribution in [2.75, 3.05) is 7.11 Å². The van der Waals surface area contributed by atoms with E-state index in [2.05, 4.69) is 35.9 Å². The van der Waals surface area contributed by atoms with Crippen LogP contribution in [0.25, 0.3) is 0 Å². The maximum atomic E-state index is 12.5. The predicted molar refractivity (Wildman–Crippen MR) is 93.4 cm³/mol. The Morgan fingerprint density at radius 2 is 2.00 bits per heavy atom. The molecule has 1 aliphatic rings. The summed E-state index contributed by atoms with van der Waals surface area (Å²) in [6.45, 7) is 6.46. The molecule has 0 fully saturated rings. The van der Waals surface area contributed by atoms with E-state index < -0.39 is 0 Å². The van der Waals surface area contributed by atoms with Crippen molar-refractivity contribution in [3.63, 3.8) is 0 Å². The molecule has 2 aromatic rings. The average Bonchev–Trinajstić information content (AvgIpc) is 3.00. The number of rotatable bonds is 3. The van der Waals surface area contributed by atoms with Gasteiger partial charge in [0.1, 0.15) is 5.75 Å². The molecule has 1 heterocycles. The summed E-state index contributed by atoms with van der Waals surface area (Å²) in [6.07, 6.45) is 4.94. The van der Waals surface area contributed by atoms with Crippen LogP contribution in [0.3, 0.4) is 0 Å². The number of carbonyl (C=O) groups is 1. The minimum atomic E-state index is -0.0565. The molecular weight excluding hydrogens is 302 g/mol. The van der Waals surface area contributed by atoms with Crippen LogP contribution in [-0.2, 0) is 12.0 Å². The second kappa shape index (κ2) is 6.30. The zero-order valence-electron chi connectivity index (χ0n) is 14.8. The molecule has 1 N–H and O–H groups in total. The number of hydrogen-bond acceptors (Lipinski definition) is 3. The Balaban J connectivity index is 1.80. The van der Waals surface area contributed by atoms with Crippen LogP contribution in [0.2, 0.25) is 0 Å². The summed E-state index contributed by atoms with van der Waals surface area (Å²) in [4.78, 5) is 12.5. The highest BCUT2D eigenvalue weighted by Crippen LogP contribution is 2.32. The lowest BCUT2D eigenvalue weighted by Gasteiger charge is -2.28. The van der Waals surface area contributed by atoms with Gasteiger partial charge in [0.05, 0.1) is 24.9 Å². The van der Waals surface area contributed by atoms with Crippen LogP contribution in [0.5, 0.6) is 5.75 Å². The predicted octanol–water partition coefficient (Wildman–Crippen LogP) is 3.45. The molecule has 0 saturated heterocycles. The number of carbonyl (C=O) groups excluding carboxylic acids is 1. The van der Waals surface area contributed by atoms with Gasteiger partial charge in [0.2, 0.25) is 0 Å². The topological polar surface area (TPSA) is 56.1 Å². The van der Waals surface area contributed by atoms with Gasteiger partial charge in [0.25, 0.3) is 5.91 Å². The van der Waals surface area contributed by atoms with E-state index in [-0.39, 0.29) is 17.5 Å². The van der Waals surface area contributed by atoms with Gasteiger partial charge in [-0.3, -0.25) is 9.48 Å². The Labute approximate surface area is 143 Å². The summed E-state index contributed by atoms with van der Waals surface area (Å²) in [6, 6.07) is 7.21. The van der Waals surface area contributed by atoms with Gasteiger partial charge in [0, 0.05) is 16.8 Å². The van der Waals surface area contributed by atoms with E-state index in [4.69, 9.17) is 4.74 Å². The van der Waals surface area contributed by atoms with Gasteiger partial charge in [0.15, 0.2) is 0 Å². The Morgan fingerprint density at radius 3 is 2.62 bits per heavy atom. The minimum Gasteiger partial charge on any atom is -0.497 e. The second-order valence-corrected chi connectivity index (χ2v) is 7.28. The number of amides is 1. The van der Waals surface area contributed by atoms with E-state index >= 15 is 0 Å². The first-order valence-electron chi connectivity index (χ1n) is 8.42. The SMILES string of the molecule is COc1ccc(C(=O)N[C@H]2CCCc3c2cnn3C(C)(C)C)cc1. The van der Waals surface area contributed by atoms with Gasteiger partial charge < -0.3 is 10.1 Å². The highest BCUT2D eigenvalue weighted by molar-refractivity contribution is 5.94. The smallest absolute Gasteiger partial charge is 0.251 e. The van der Waals surface area contributed by atoms with E-state index in [1.54, 1.807) is 31.4 Å². The third-order valence-corrected chi connectivity index (χ3v) is 4.48. The van der Waals surface area contributed by atoms with Crippen molar-refractivity contribution >= 4 is 5.91 Å². The molecule has 24 heavy (non-hydrogen) atoms. The molecule has 0 bridgehead atoms. The van der Waals surface area contributed by atoms with Crippen molar-refractivity contribution in [1.82, 2.24) is 15.1 Å². The van der Waals surface area contributed by atoms with Gasteiger partial charge in [-0.05, 0) is 64.3 Å². The minimum absolute atomic E-state index is 0.0273. The molecule has 0 spiro atoms. The number of nitrogens with zero attached hydrogens (tertiary/aromatic N) is 2. The number of hydrogen-bond donors (Lipinski definition) is 1. The molecule has 1 aromatic carbocycles. The number of ether oxygens (including phenoxy) is 1. The van der Waals surface area contributed by atoms with Gasteiger partial charge >= 0.3 is 0 Å². The summed E-state index contributed by atoms with van der Waals surface area (Å²) in [5, 5.41) is 7.73. The van der Waals surface area contributed by atoms with Crippen LogP contribution in [0.4, 0.5) is 0 Å². The van der Waals surface area contributed by atoms with Crippen LogP contribution >= 0.6 is 0 Å². The lowest BCUT2D eigenvalue weighted by Crippen LogP contribution is -2.32. The number of aromatic nitrogens is 2. The highest BCUT2D eigenvalue weighted by atomic mass is 16.5. The Hall–Kier alpha value is -2.30. The molecule has 0 saturated carbocycles. The summed E-state index contributed by atoms with van der Waals surface area (Å²) in [7, 11) is 1.62. The second-order valence-electron chi connectivity index (χ2n) is 7.28. The van der Waals surface area contributed by atoms with Gasteiger partial charge in [-0.15, -0.1) is 0 Å².